The lowest BCUT2D eigenvalue weighted by Gasteiger charge is -2.11. The van der Waals surface area contributed by atoms with Crippen molar-refractivity contribution in [3.8, 4) is 5.75 Å². The normalized spacial score (nSPS) is 10.1. The van der Waals surface area contributed by atoms with E-state index in [0.717, 1.165) is 16.7 Å². The van der Waals surface area contributed by atoms with Gasteiger partial charge in [0, 0.05) is 5.56 Å². The van der Waals surface area contributed by atoms with Gasteiger partial charge in [0.05, 0.1) is 6.61 Å². The van der Waals surface area contributed by atoms with Crippen LogP contribution < -0.4 is 4.74 Å². The Morgan fingerprint density at radius 1 is 1.11 bits per heavy atom. The second-order valence-electron chi connectivity index (χ2n) is 4.00. The number of rotatable bonds is 5. The van der Waals surface area contributed by atoms with Gasteiger partial charge in [0.15, 0.2) is 0 Å². The Balaban J connectivity index is 2.11. The average molecular weight is 240 g/mol. The Labute approximate surface area is 107 Å². The summed E-state index contributed by atoms with van der Waals surface area (Å²) in [5.74, 6) is 0.715. The highest BCUT2D eigenvalue weighted by atomic mass is 16.5. The summed E-state index contributed by atoms with van der Waals surface area (Å²) in [6, 6.07) is 15.6. The van der Waals surface area contributed by atoms with E-state index in [4.69, 9.17) is 4.74 Å². The topological polar surface area (TPSA) is 29.5 Å². The molecule has 0 atom stereocenters. The molecule has 2 aromatic rings. The summed E-state index contributed by atoms with van der Waals surface area (Å²) in [7, 11) is 0. The van der Waals surface area contributed by atoms with E-state index >= 15 is 0 Å². The molecule has 0 aliphatic carbocycles. The SMILES string of the molecule is C=Cc1ccc(OCc2ccccc2)c(CO)c1. The molecular weight excluding hydrogens is 224 g/mol. The number of hydrogen-bond donors (Lipinski definition) is 1. The molecular formula is C16H16O2. The van der Waals surface area contributed by atoms with Crippen molar-refractivity contribution in [2.75, 3.05) is 0 Å². The van der Waals surface area contributed by atoms with Crippen LogP contribution >= 0.6 is 0 Å². The molecule has 0 saturated carbocycles. The van der Waals surface area contributed by atoms with Gasteiger partial charge in [-0.05, 0) is 23.3 Å². The molecule has 0 aliphatic rings. The van der Waals surface area contributed by atoms with Crippen molar-refractivity contribution in [2.24, 2.45) is 0 Å². The molecule has 0 aromatic heterocycles. The second-order valence-corrected chi connectivity index (χ2v) is 4.00. The number of benzene rings is 2. The molecule has 0 unspecified atom stereocenters. The Hall–Kier alpha value is -2.06. The molecule has 0 bridgehead atoms. The van der Waals surface area contributed by atoms with Crippen molar-refractivity contribution >= 4 is 6.08 Å². The van der Waals surface area contributed by atoms with Crippen molar-refractivity contribution in [3.63, 3.8) is 0 Å². The molecule has 1 N–H and O–H groups in total. The lowest BCUT2D eigenvalue weighted by Crippen LogP contribution is -1.99. The molecule has 0 radical (unpaired) electrons. The van der Waals surface area contributed by atoms with Crippen LogP contribution in [-0.2, 0) is 13.2 Å². The van der Waals surface area contributed by atoms with Crippen LogP contribution in [-0.4, -0.2) is 5.11 Å². The third kappa shape index (κ3) is 2.99. The maximum Gasteiger partial charge on any atom is 0.125 e. The minimum Gasteiger partial charge on any atom is -0.489 e. The minimum atomic E-state index is -0.0359. The highest BCUT2D eigenvalue weighted by Crippen LogP contribution is 2.22. The van der Waals surface area contributed by atoms with Gasteiger partial charge in [-0.3, -0.25) is 0 Å². The van der Waals surface area contributed by atoms with Gasteiger partial charge < -0.3 is 9.84 Å². The number of aliphatic hydroxyl groups excluding tert-OH is 1. The first kappa shape index (κ1) is 12.4. The Morgan fingerprint density at radius 2 is 1.89 bits per heavy atom. The van der Waals surface area contributed by atoms with Gasteiger partial charge in [-0.15, -0.1) is 0 Å². The van der Waals surface area contributed by atoms with Crippen molar-refractivity contribution < 1.29 is 9.84 Å². The molecule has 0 aliphatic heterocycles. The van der Waals surface area contributed by atoms with Crippen LogP contribution in [0.4, 0.5) is 0 Å². The molecule has 92 valence electrons. The van der Waals surface area contributed by atoms with E-state index in [-0.39, 0.29) is 6.61 Å². The second kappa shape index (κ2) is 6.03. The third-order valence-corrected chi connectivity index (χ3v) is 2.73. The van der Waals surface area contributed by atoms with Crippen LogP contribution in [0, 0.1) is 0 Å². The van der Waals surface area contributed by atoms with Crippen LogP contribution in [0.15, 0.2) is 55.1 Å². The van der Waals surface area contributed by atoms with Crippen LogP contribution in [0.2, 0.25) is 0 Å². The Morgan fingerprint density at radius 3 is 2.56 bits per heavy atom. The fraction of sp³-hybridized carbons (Fsp3) is 0.125. The summed E-state index contributed by atoms with van der Waals surface area (Å²) >= 11 is 0. The fourth-order valence-corrected chi connectivity index (χ4v) is 1.73. The average Bonchev–Trinajstić information content (AvgIpc) is 2.46. The third-order valence-electron chi connectivity index (χ3n) is 2.73. The van der Waals surface area contributed by atoms with Gasteiger partial charge >= 0.3 is 0 Å². The molecule has 0 spiro atoms. The van der Waals surface area contributed by atoms with E-state index in [0.29, 0.717) is 12.4 Å². The van der Waals surface area contributed by atoms with Gasteiger partial charge in [0.2, 0.25) is 0 Å². The van der Waals surface area contributed by atoms with E-state index in [1.54, 1.807) is 6.08 Å². The first-order valence-electron chi connectivity index (χ1n) is 5.86. The van der Waals surface area contributed by atoms with E-state index in [1.807, 2.05) is 48.5 Å². The highest BCUT2D eigenvalue weighted by molar-refractivity contribution is 5.51. The first-order chi connectivity index (χ1) is 8.83. The summed E-state index contributed by atoms with van der Waals surface area (Å²) in [6.07, 6.45) is 1.75. The van der Waals surface area contributed by atoms with Crippen LogP contribution in [0.1, 0.15) is 16.7 Å². The maximum absolute atomic E-state index is 9.32. The van der Waals surface area contributed by atoms with Crippen molar-refractivity contribution in [3.05, 3.63) is 71.8 Å². The van der Waals surface area contributed by atoms with Gasteiger partial charge in [-0.1, -0.05) is 49.1 Å². The highest BCUT2D eigenvalue weighted by Gasteiger charge is 2.03. The number of hydrogen-bond acceptors (Lipinski definition) is 2. The molecule has 0 saturated heterocycles. The molecule has 18 heavy (non-hydrogen) atoms. The molecule has 2 rings (SSSR count). The van der Waals surface area contributed by atoms with Gasteiger partial charge in [0.25, 0.3) is 0 Å². The maximum atomic E-state index is 9.32. The van der Waals surface area contributed by atoms with E-state index in [2.05, 4.69) is 6.58 Å². The molecule has 2 nitrogen and oxygen atoms in total. The Bertz CT molecular complexity index is 518. The van der Waals surface area contributed by atoms with Crippen molar-refractivity contribution in [1.82, 2.24) is 0 Å². The van der Waals surface area contributed by atoms with Crippen LogP contribution in [0.25, 0.3) is 6.08 Å². The fourth-order valence-electron chi connectivity index (χ4n) is 1.73. The molecule has 0 heterocycles. The van der Waals surface area contributed by atoms with Crippen LogP contribution in [0.3, 0.4) is 0 Å². The predicted molar refractivity (Wildman–Crippen MR) is 73.2 cm³/mol. The lowest BCUT2D eigenvalue weighted by molar-refractivity contribution is 0.259. The first-order valence-corrected chi connectivity index (χ1v) is 5.86. The van der Waals surface area contributed by atoms with Crippen molar-refractivity contribution in [2.45, 2.75) is 13.2 Å². The monoisotopic (exact) mass is 240 g/mol. The summed E-state index contributed by atoms with van der Waals surface area (Å²) in [6.45, 7) is 4.17. The molecule has 0 fully saturated rings. The predicted octanol–water partition coefficient (Wildman–Crippen LogP) is 3.40. The number of aliphatic hydroxyl groups is 1. The summed E-state index contributed by atoms with van der Waals surface area (Å²) in [5.41, 5.74) is 2.86. The lowest BCUT2D eigenvalue weighted by atomic mass is 10.1. The number of ether oxygens (including phenoxy) is 1. The largest absolute Gasteiger partial charge is 0.489 e. The standard InChI is InChI=1S/C16H16O2/c1-2-13-8-9-16(15(10-13)11-17)18-12-14-6-4-3-5-7-14/h2-10,17H,1,11-12H2. The van der Waals surface area contributed by atoms with Gasteiger partial charge in [0.1, 0.15) is 12.4 Å². The quantitative estimate of drug-likeness (QED) is 0.868. The van der Waals surface area contributed by atoms with Gasteiger partial charge in [-0.2, -0.15) is 0 Å². The smallest absolute Gasteiger partial charge is 0.125 e. The Kier molecular flexibility index (Phi) is 4.15. The summed E-state index contributed by atoms with van der Waals surface area (Å²) in [5, 5.41) is 9.32. The zero-order valence-corrected chi connectivity index (χ0v) is 10.2. The molecule has 2 aromatic carbocycles. The summed E-state index contributed by atoms with van der Waals surface area (Å²) < 4.78 is 5.72. The minimum absolute atomic E-state index is 0.0359. The van der Waals surface area contributed by atoms with Gasteiger partial charge in [-0.25, -0.2) is 0 Å². The van der Waals surface area contributed by atoms with Crippen LogP contribution in [0.5, 0.6) is 5.75 Å². The van der Waals surface area contributed by atoms with E-state index < -0.39 is 0 Å². The van der Waals surface area contributed by atoms with E-state index in [9.17, 15) is 5.11 Å². The zero-order chi connectivity index (χ0) is 12.8. The zero-order valence-electron chi connectivity index (χ0n) is 10.2. The molecule has 2 heteroatoms. The summed E-state index contributed by atoms with van der Waals surface area (Å²) in [4.78, 5) is 0. The van der Waals surface area contributed by atoms with Crippen molar-refractivity contribution in [1.29, 1.82) is 0 Å². The van der Waals surface area contributed by atoms with E-state index in [1.165, 1.54) is 0 Å². The molecule has 0 amide bonds.